The van der Waals surface area contributed by atoms with E-state index in [1.807, 2.05) is 31.2 Å². The number of nitrogens with one attached hydrogen (secondary N) is 4. The minimum atomic E-state index is -0.408. The molecule has 10 heteroatoms. The lowest BCUT2D eigenvalue weighted by Crippen LogP contribution is -2.39. The number of ether oxygens (including phenoxy) is 2. The molecule has 2 aliphatic heterocycles. The first-order valence-electron chi connectivity index (χ1n) is 13.5. The van der Waals surface area contributed by atoms with Crippen molar-refractivity contribution < 1.29 is 19.1 Å². The van der Waals surface area contributed by atoms with Crippen LogP contribution < -0.4 is 31.0 Å². The molecule has 0 radical (unpaired) electrons. The van der Waals surface area contributed by atoms with Crippen molar-refractivity contribution in [2.24, 2.45) is 17.8 Å². The number of carbonyl (C=O) groups is 2. The number of carbonyl (C=O) groups excluding carboxylic acids is 2. The summed E-state index contributed by atoms with van der Waals surface area (Å²) in [5.74, 6) is 2.40. The van der Waals surface area contributed by atoms with E-state index in [1.165, 1.54) is 4.90 Å². The molecule has 2 saturated carbocycles. The van der Waals surface area contributed by atoms with E-state index in [1.54, 1.807) is 27.3 Å². The van der Waals surface area contributed by atoms with Crippen molar-refractivity contribution in [3.63, 3.8) is 0 Å². The third-order valence-corrected chi connectivity index (χ3v) is 8.82. The molecule has 3 fully saturated rings. The van der Waals surface area contributed by atoms with Crippen molar-refractivity contribution in [1.82, 2.24) is 20.7 Å². The summed E-state index contributed by atoms with van der Waals surface area (Å²) in [6, 6.07) is 9.80. The number of anilines is 2. The maximum atomic E-state index is 13.1. The van der Waals surface area contributed by atoms with Crippen molar-refractivity contribution in [2.75, 3.05) is 38.4 Å². The van der Waals surface area contributed by atoms with E-state index in [2.05, 4.69) is 26.5 Å². The fourth-order valence-electron chi connectivity index (χ4n) is 6.83. The molecule has 38 heavy (non-hydrogen) atoms. The summed E-state index contributed by atoms with van der Waals surface area (Å²) in [6.07, 6.45) is 4.04. The summed E-state index contributed by atoms with van der Waals surface area (Å²) in [4.78, 5) is 31.5. The van der Waals surface area contributed by atoms with Gasteiger partial charge in [0, 0.05) is 31.7 Å². The number of pyridine rings is 1. The Hall–Kier alpha value is -3.37. The van der Waals surface area contributed by atoms with Gasteiger partial charge in [0.25, 0.3) is 5.91 Å². The number of nitrogens with zero attached hydrogens (tertiary/aromatic N) is 2. The lowest BCUT2D eigenvalue weighted by molar-refractivity contribution is -0.118. The molecule has 10 nitrogen and oxygen atoms in total. The molecule has 6 atom stereocenters. The van der Waals surface area contributed by atoms with E-state index in [-0.39, 0.29) is 18.0 Å². The van der Waals surface area contributed by atoms with Gasteiger partial charge in [-0.2, -0.15) is 0 Å². The average molecular weight is 521 g/mol. The minimum Gasteiger partial charge on any atom is -0.497 e. The molecule has 1 saturated heterocycles. The summed E-state index contributed by atoms with van der Waals surface area (Å²) in [5.41, 5.74) is 9.68. The summed E-state index contributed by atoms with van der Waals surface area (Å²) in [7, 11) is 5.08. The Labute approximate surface area is 222 Å². The monoisotopic (exact) mass is 520 g/mol. The Morgan fingerprint density at radius 2 is 2.05 bits per heavy atom. The number of hydrogen-bond donors (Lipinski definition) is 4. The molecule has 6 rings (SSSR count). The van der Waals surface area contributed by atoms with Crippen LogP contribution in [0.3, 0.4) is 0 Å². The van der Waals surface area contributed by atoms with Crippen LogP contribution in [0.5, 0.6) is 11.6 Å². The zero-order valence-electron chi connectivity index (χ0n) is 22.3. The van der Waals surface area contributed by atoms with Crippen LogP contribution in [0.15, 0.2) is 30.3 Å². The smallest absolute Gasteiger partial charge is 0.272 e. The number of hydrogen-bond acceptors (Lipinski definition) is 8. The van der Waals surface area contributed by atoms with Gasteiger partial charge in [0.2, 0.25) is 11.8 Å². The maximum Gasteiger partial charge on any atom is 0.272 e. The molecule has 1 spiro atoms. The summed E-state index contributed by atoms with van der Waals surface area (Å²) in [6.45, 7) is 2.36. The second-order valence-electron chi connectivity index (χ2n) is 11.1. The van der Waals surface area contributed by atoms with Crippen molar-refractivity contribution in [3.8, 4) is 11.6 Å². The minimum absolute atomic E-state index is 0.00489. The van der Waals surface area contributed by atoms with E-state index < -0.39 is 5.41 Å². The van der Waals surface area contributed by atoms with Gasteiger partial charge in [0.15, 0.2) is 0 Å². The lowest BCUT2D eigenvalue weighted by Gasteiger charge is -2.34. The molecule has 0 bridgehead atoms. The Morgan fingerprint density at radius 3 is 2.82 bits per heavy atom. The number of fused-ring (bicyclic) bond motifs is 3. The van der Waals surface area contributed by atoms with Crippen LogP contribution in [0.1, 0.15) is 48.7 Å². The van der Waals surface area contributed by atoms with Crippen LogP contribution >= 0.6 is 0 Å². The highest BCUT2D eigenvalue weighted by Crippen LogP contribution is 2.65. The number of rotatable bonds is 7. The first kappa shape index (κ1) is 24.9. The standard InChI is InChI=1S/C28H36N6O4/c1-5-38-25-21(10-11-22(30-25)26(35)34(2)3)29-24-17-8-6-15(12-23(17)32-33-24)19-14-28(19)18-13-16(37-4)7-9-20(18)31-27(28)36/h7,9-11,13,15,17,19,23-24,29,32-33H,5-6,8,12,14H2,1-4H3,(H,31,36)/t15?,17?,19-,23?,24?,28-/m0/s1. The highest BCUT2D eigenvalue weighted by atomic mass is 16.5. The van der Waals surface area contributed by atoms with Crippen LogP contribution in [0.4, 0.5) is 11.4 Å². The fourth-order valence-corrected chi connectivity index (χ4v) is 6.83. The molecular formula is C28H36N6O4. The van der Waals surface area contributed by atoms with E-state index in [0.717, 1.165) is 48.4 Å². The Kier molecular flexibility index (Phi) is 6.19. The second kappa shape index (κ2) is 9.43. The van der Waals surface area contributed by atoms with Crippen molar-refractivity contribution in [2.45, 2.75) is 50.2 Å². The summed E-state index contributed by atoms with van der Waals surface area (Å²) in [5, 5.41) is 6.68. The van der Waals surface area contributed by atoms with E-state index in [9.17, 15) is 9.59 Å². The number of methoxy groups -OCH3 is 1. The Morgan fingerprint density at radius 1 is 1.21 bits per heavy atom. The molecule has 202 valence electrons. The van der Waals surface area contributed by atoms with Gasteiger partial charge in [-0.15, -0.1) is 0 Å². The first-order chi connectivity index (χ1) is 18.3. The molecule has 4 unspecified atom stereocenters. The molecule has 4 N–H and O–H groups in total. The van der Waals surface area contributed by atoms with Gasteiger partial charge in [-0.25, -0.2) is 10.4 Å². The molecule has 3 heterocycles. The molecule has 2 aliphatic carbocycles. The molecule has 1 aromatic heterocycles. The quantitative estimate of drug-likeness (QED) is 0.440. The zero-order valence-corrected chi connectivity index (χ0v) is 22.3. The van der Waals surface area contributed by atoms with Gasteiger partial charge in [-0.1, -0.05) is 0 Å². The summed E-state index contributed by atoms with van der Waals surface area (Å²) >= 11 is 0. The van der Waals surface area contributed by atoms with Gasteiger partial charge in [0.05, 0.1) is 31.0 Å². The van der Waals surface area contributed by atoms with Gasteiger partial charge < -0.3 is 25.0 Å². The van der Waals surface area contributed by atoms with Crippen LogP contribution in [-0.4, -0.2) is 61.7 Å². The zero-order chi connectivity index (χ0) is 26.6. The molecular weight excluding hydrogens is 484 g/mol. The van der Waals surface area contributed by atoms with E-state index in [0.29, 0.717) is 42.0 Å². The van der Waals surface area contributed by atoms with Crippen LogP contribution in [0.25, 0.3) is 0 Å². The number of hydrazine groups is 1. The highest BCUT2D eigenvalue weighted by Gasteiger charge is 2.67. The molecule has 2 aromatic rings. The number of benzene rings is 1. The lowest BCUT2D eigenvalue weighted by atomic mass is 9.74. The van der Waals surface area contributed by atoms with Crippen molar-refractivity contribution >= 4 is 23.2 Å². The van der Waals surface area contributed by atoms with Gasteiger partial charge in [0.1, 0.15) is 11.4 Å². The van der Waals surface area contributed by atoms with Gasteiger partial charge in [-0.05, 0) is 80.3 Å². The summed E-state index contributed by atoms with van der Waals surface area (Å²) < 4.78 is 11.2. The third kappa shape index (κ3) is 3.97. The maximum absolute atomic E-state index is 13.1. The fraction of sp³-hybridized carbons (Fsp3) is 0.536. The van der Waals surface area contributed by atoms with Crippen LogP contribution in [-0.2, 0) is 10.2 Å². The predicted molar refractivity (Wildman–Crippen MR) is 143 cm³/mol. The molecule has 4 aliphatic rings. The average Bonchev–Trinajstić information content (AvgIpc) is 3.47. The Bertz CT molecular complexity index is 1270. The topological polar surface area (TPSA) is 117 Å². The van der Waals surface area contributed by atoms with Crippen LogP contribution in [0, 0.1) is 17.8 Å². The third-order valence-electron chi connectivity index (χ3n) is 8.82. The second-order valence-corrected chi connectivity index (χ2v) is 11.1. The number of aromatic nitrogens is 1. The van der Waals surface area contributed by atoms with E-state index >= 15 is 0 Å². The first-order valence-corrected chi connectivity index (χ1v) is 13.5. The largest absolute Gasteiger partial charge is 0.497 e. The molecule has 1 aromatic carbocycles. The SMILES string of the molecule is CCOc1nc(C(=O)N(C)C)ccc1NC1NNC2CC([C@@H]3C[C@@]34C(=O)Nc3ccc(OC)cc34)CCC21. The van der Waals surface area contributed by atoms with Gasteiger partial charge >= 0.3 is 0 Å². The van der Waals surface area contributed by atoms with E-state index in [4.69, 9.17) is 9.47 Å². The highest BCUT2D eigenvalue weighted by molar-refractivity contribution is 6.09. The van der Waals surface area contributed by atoms with Crippen molar-refractivity contribution in [1.29, 1.82) is 0 Å². The number of amides is 2. The van der Waals surface area contributed by atoms with Crippen molar-refractivity contribution in [3.05, 3.63) is 41.6 Å². The predicted octanol–water partition coefficient (Wildman–Crippen LogP) is 2.73. The normalized spacial score (nSPS) is 30.8. The van der Waals surface area contributed by atoms with Gasteiger partial charge in [-0.3, -0.25) is 15.0 Å². The molecule has 2 amide bonds. The Balaban J connectivity index is 1.14. The van der Waals surface area contributed by atoms with Crippen LogP contribution in [0.2, 0.25) is 0 Å².